The molecule has 0 saturated carbocycles. The highest BCUT2D eigenvalue weighted by Gasteiger charge is 2.44. The van der Waals surface area contributed by atoms with Crippen molar-refractivity contribution in [3.05, 3.63) is 11.3 Å². The van der Waals surface area contributed by atoms with E-state index < -0.39 is 18.2 Å². The van der Waals surface area contributed by atoms with Gasteiger partial charge in [0.25, 0.3) is 0 Å². The van der Waals surface area contributed by atoms with Crippen LogP contribution in [0.1, 0.15) is 13.8 Å². The van der Waals surface area contributed by atoms with Gasteiger partial charge in [-0.2, -0.15) is 13.2 Å². The number of amides is 2. The zero-order chi connectivity index (χ0) is 10.2. The van der Waals surface area contributed by atoms with Crippen LogP contribution < -0.4 is 10.6 Å². The van der Waals surface area contributed by atoms with E-state index in [4.69, 9.17) is 0 Å². The maximum absolute atomic E-state index is 12.3. The van der Waals surface area contributed by atoms with Crippen LogP contribution >= 0.6 is 0 Å². The summed E-state index contributed by atoms with van der Waals surface area (Å²) in [6.45, 7) is 2.77. The van der Waals surface area contributed by atoms with Gasteiger partial charge in [0, 0.05) is 5.70 Å². The maximum Gasteiger partial charge on any atom is 0.412 e. The molecule has 1 rings (SSSR count). The van der Waals surface area contributed by atoms with Crippen molar-refractivity contribution in [3.63, 3.8) is 0 Å². The number of carbonyl (C=O) groups is 1. The lowest BCUT2D eigenvalue weighted by atomic mass is 10.1. The van der Waals surface area contributed by atoms with E-state index in [1.807, 2.05) is 0 Å². The predicted octanol–water partition coefficient (Wildman–Crippen LogP) is 1.52. The van der Waals surface area contributed by atoms with E-state index in [0.29, 0.717) is 0 Å². The van der Waals surface area contributed by atoms with Gasteiger partial charge in [-0.3, -0.25) is 0 Å². The summed E-state index contributed by atoms with van der Waals surface area (Å²) in [6, 6.07) is -2.67. The minimum absolute atomic E-state index is 0.0899. The molecule has 0 aliphatic carbocycles. The molecule has 2 amide bonds. The monoisotopic (exact) mass is 194 g/mol. The fraction of sp³-hybridized carbons (Fsp3) is 0.571. The van der Waals surface area contributed by atoms with E-state index in [9.17, 15) is 18.0 Å². The van der Waals surface area contributed by atoms with Crippen molar-refractivity contribution < 1.29 is 18.0 Å². The average Bonchev–Trinajstić information content (AvgIpc) is 1.94. The molecule has 0 aromatic heterocycles. The number of urea groups is 1. The van der Waals surface area contributed by atoms with E-state index in [0.717, 1.165) is 0 Å². The van der Waals surface area contributed by atoms with Crippen LogP contribution in [0.15, 0.2) is 11.3 Å². The van der Waals surface area contributed by atoms with E-state index in [-0.39, 0.29) is 11.3 Å². The van der Waals surface area contributed by atoms with Crippen molar-refractivity contribution >= 4 is 6.03 Å². The largest absolute Gasteiger partial charge is 0.412 e. The fourth-order valence-electron chi connectivity index (χ4n) is 1.09. The third-order valence-corrected chi connectivity index (χ3v) is 1.93. The van der Waals surface area contributed by atoms with Gasteiger partial charge in [0.05, 0.1) is 0 Å². The maximum atomic E-state index is 12.3. The van der Waals surface area contributed by atoms with Crippen molar-refractivity contribution in [1.29, 1.82) is 0 Å². The highest BCUT2D eigenvalue weighted by atomic mass is 19.4. The molecule has 0 fully saturated rings. The first kappa shape index (κ1) is 9.88. The summed E-state index contributed by atoms with van der Waals surface area (Å²) in [5.74, 6) is 0. The highest BCUT2D eigenvalue weighted by Crippen LogP contribution is 2.27. The minimum atomic E-state index is -4.43. The molecule has 13 heavy (non-hydrogen) atoms. The second-order valence-corrected chi connectivity index (χ2v) is 2.88. The first-order valence-electron chi connectivity index (χ1n) is 3.64. The number of carbonyl (C=O) groups excluding carboxylic acids is 1. The lowest BCUT2D eigenvalue weighted by Crippen LogP contribution is -2.53. The summed E-state index contributed by atoms with van der Waals surface area (Å²) in [5.41, 5.74) is 0.346. The minimum Gasteiger partial charge on any atom is -0.322 e. The van der Waals surface area contributed by atoms with Gasteiger partial charge in [-0.1, -0.05) is 0 Å². The number of halogens is 3. The quantitative estimate of drug-likeness (QED) is 0.603. The van der Waals surface area contributed by atoms with Gasteiger partial charge in [0.2, 0.25) is 0 Å². The summed E-state index contributed by atoms with van der Waals surface area (Å²) in [6.07, 6.45) is -4.43. The standard InChI is InChI=1S/C7H9F3N2O/c1-3-4(2)11-6(13)12-5(3)7(8,9)10/h5H,1-2H3,(H2,11,12,13). The summed E-state index contributed by atoms with van der Waals surface area (Å²) in [4.78, 5) is 10.7. The SMILES string of the molecule is CC1=C(C)C(C(F)(F)F)NC(=O)N1. The Kier molecular flexibility index (Phi) is 2.23. The number of hydrogen-bond donors (Lipinski definition) is 2. The molecule has 1 aliphatic rings. The van der Waals surface area contributed by atoms with Crippen LogP contribution in [0.5, 0.6) is 0 Å². The highest BCUT2D eigenvalue weighted by molar-refractivity contribution is 5.78. The van der Waals surface area contributed by atoms with Crippen LogP contribution in [0.4, 0.5) is 18.0 Å². The number of allylic oxidation sites excluding steroid dienone is 1. The summed E-state index contributed by atoms with van der Waals surface area (Å²) >= 11 is 0. The Labute approximate surface area is 73.0 Å². The van der Waals surface area contributed by atoms with Gasteiger partial charge >= 0.3 is 12.2 Å². The van der Waals surface area contributed by atoms with Gasteiger partial charge < -0.3 is 10.6 Å². The molecule has 2 N–H and O–H groups in total. The van der Waals surface area contributed by atoms with Crippen LogP contribution in [-0.2, 0) is 0 Å². The second kappa shape index (κ2) is 2.93. The van der Waals surface area contributed by atoms with Gasteiger partial charge in [-0.25, -0.2) is 4.79 Å². The van der Waals surface area contributed by atoms with E-state index in [1.165, 1.54) is 13.8 Å². The molecule has 0 aromatic carbocycles. The summed E-state index contributed by atoms with van der Waals surface area (Å²) in [5, 5.41) is 4.06. The lowest BCUT2D eigenvalue weighted by Gasteiger charge is -2.28. The smallest absolute Gasteiger partial charge is 0.322 e. The van der Waals surface area contributed by atoms with Crippen LogP contribution in [-0.4, -0.2) is 18.2 Å². The van der Waals surface area contributed by atoms with Gasteiger partial charge in [0.15, 0.2) is 0 Å². The van der Waals surface area contributed by atoms with Gasteiger partial charge in [0.1, 0.15) is 6.04 Å². The number of rotatable bonds is 0. The van der Waals surface area contributed by atoms with Crippen molar-refractivity contribution in [1.82, 2.24) is 10.6 Å². The normalized spacial score (nSPS) is 24.1. The zero-order valence-corrected chi connectivity index (χ0v) is 7.12. The van der Waals surface area contributed by atoms with Gasteiger partial charge in [-0.05, 0) is 19.4 Å². The Balaban J connectivity index is 2.99. The Morgan fingerprint density at radius 2 is 1.85 bits per heavy atom. The second-order valence-electron chi connectivity index (χ2n) is 2.88. The lowest BCUT2D eigenvalue weighted by molar-refractivity contribution is -0.145. The molecular formula is C7H9F3N2O. The topological polar surface area (TPSA) is 41.1 Å². The third-order valence-electron chi connectivity index (χ3n) is 1.93. The first-order valence-corrected chi connectivity index (χ1v) is 3.64. The van der Waals surface area contributed by atoms with Crippen molar-refractivity contribution in [2.45, 2.75) is 26.1 Å². The number of hydrogen-bond acceptors (Lipinski definition) is 1. The molecule has 0 saturated heterocycles. The van der Waals surface area contributed by atoms with Crippen LogP contribution in [0.25, 0.3) is 0 Å². The Morgan fingerprint density at radius 1 is 1.31 bits per heavy atom. The summed E-state index contributed by atoms with van der Waals surface area (Å²) in [7, 11) is 0. The number of alkyl halides is 3. The molecule has 1 aliphatic heterocycles. The van der Waals surface area contributed by atoms with Crippen molar-refractivity contribution in [2.24, 2.45) is 0 Å². The predicted molar refractivity (Wildman–Crippen MR) is 39.9 cm³/mol. The van der Waals surface area contributed by atoms with E-state index in [2.05, 4.69) is 5.32 Å². The van der Waals surface area contributed by atoms with Crippen LogP contribution in [0, 0.1) is 0 Å². The van der Waals surface area contributed by atoms with Gasteiger partial charge in [-0.15, -0.1) is 0 Å². The Bertz CT molecular complexity index is 269. The molecule has 74 valence electrons. The number of nitrogens with one attached hydrogen (secondary N) is 2. The van der Waals surface area contributed by atoms with Crippen molar-refractivity contribution in [2.75, 3.05) is 0 Å². The van der Waals surface area contributed by atoms with Crippen LogP contribution in [0.3, 0.4) is 0 Å². The molecule has 6 heteroatoms. The molecule has 0 bridgehead atoms. The molecule has 1 unspecified atom stereocenters. The third kappa shape index (κ3) is 1.93. The fourth-order valence-corrected chi connectivity index (χ4v) is 1.09. The van der Waals surface area contributed by atoms with Crippen molar-refractivity contribution in [3.8, 4) is 0 Å². The summed E-state index contributed by atoms with van der Waals surface area (Å²) < 4.78 is 36.8. The van der Waals surface area contributed by atoms with Crippen LogP contribution in [0.2, 0.25) is 0 Å². The molecule has 1 atom stereocenters. The average molecular weight is 194 g/mol. The molecule has 0 radical (unpaired) electrons. The molecular weight excluding hydrogens is 185 g/mol. The first-order chi connectivity index (χ1) is 5.82. The Hall–Kier alpha value is -1.20. The van der Waals surface area contributed by atoms with E-state index in [1.54, 1.807) is 5.32 Å². The molecule has 0 spiro atoms. The molecule has 1 heterocycles. The Morgan fingerprint density at radius 3 is 2.31 bits per heavy atom. The molecule has 3 nitrogen and oxygen atoms in total. The zero-order valence-electron chi connectivity index (χ0n) is 7.12. The van der Waals surface area contributed by atoms with E-state index >= 15 is 0 Å². The molecule has 0 aromatic rings.